The summed E-state index contributed by atoms with van der Waals surface area (Å²) >= 11 is 0. The van der Waals surface area contributed by atoms with Crippen molar-refractivity contribution in [2.75, 3.05) is 12.4 Å². The molecular formula is C27H24N4O4S. The van der Waals surface area contributed by atoms with E-state index >= 15 is 0 Å². The molecule has 5 aromatic rings. The van der Waals surface area contributed by atoms with Gasteiger partial charge in [0.2, 0.25) is 11.9 Å². The third-order valence-corrected chi connectivity index (χ3v) is 7.57. The Labute approximate surface area is 208 Å². The highest BCUT2D eigenvalue weighted by Crippen LogP contribution is 2.36. The Balaban J connectivity index is 1.56. The van der Waals surface area contributed by atoms with Crippen LogP contribution in [0.15, 0.2) is 90.0 Å². The first kappa shape index (κ1) is 23.4. The number of aryl methyl sites for hydroxylation is 1. The number of rotatable bonds is 7. The summed E-state index contributed by atoms with van der Waals surface area (Å²) in [6.07, 6.45) is 1.77. The van der Waals surface area contributed by atoms with Crippen molar-refractivity contribution < 1.29 is 17.9 Å². The predicted octanol–water partition coefficient (Wildman–Crippen LogP) is 4.77. The molecule has 0 aliphatic rings. The van der Waals surface area contributed by atoms with Gasteiger partial charge in [-0.1, -0.05) is 48.5 Å². The lowest BCUT2D eigenvalue weighted by Gasteiger charge is -2.07. The number of benzene rings is 3. The first-order chi connectivity index (χ1) is 17.4. The third-order valence-electron chi connectivity index (χ3n) is 5.88. The van der Waals surface area contributed by atoms with E-state index in [1.54, 1.807) is 61.8 Å². The monoisotopic (exact) mass is 500 g/mol. The maximum atomic E-state index is 13.5. The third kappa shape index (κ3) is 4.36. The largest absolute Gasteiger partial charge is 0.497 e. The van der Waals surface area contributed by atoms with Crippen LogP contribution in [0.25, 0.3) is 22.2 Å². The molecule has 0 atom stereocenters. The highest BCUT2D eigenvalue weighted by atomic mass is 32.2. The molecule has 0 saturated heterocycles. The molecule has 2 heterocycles. The van der Waals surface area contributed by atoms with E-state index < -0.39 is 10.0 Å². The van der Waals surface area contributed by atoms with Crippen molar-refractivity contribution in [3.8, 4) is 17.0 Å². The van der Waals surface area contributed by atoms with Gasteiger partial charge >= 0.3 is 0 Å². The highest BCUT2D eigenvalue weighted by molar-refractivity contribution is 7.90. The summed E-state index contributed by atoms with van der Waals surface area (Å²) in [7, 11) is -2.31. The van der Waals surface area contributed by atoms with Crippen LogP contribution in [0, 0.1) is 6.92 Å². The molecule has 2 aromatic heterocycles. The van der Waals surface area contributed by atoms with Crippen LogP contribution in [0.4, 0.5) is 5.95 Å². The van der Waals surface area contributed by atoms with Crippen molar-refractivity contribution in [2.24, 2.45) is 0 Å². The van der Waals surface area contributed by atoms with Gasteiger partial charge in [0.25, 0.3) is 10.0 Å². The average Bonchev–Trinajstić information content (AvgIpc) is 3.44. The van der Waals surface area contributed by atoms with Gasteiger partial charge in [0.05, 0.1) is 29.6 Å². The van der Waals surface area contributed by atoms with Gasteiger partial charge in [0.15, 0.2) is 0 Å². The van der Waals surface area contributed by atoms with Crippen molar-refractivity contribution in [3.63, 3.8) is 0 Å². The summed E-state index contributed by atoms with van der Waals surface area (Å²) in [4.78, 5) is 20.4. The number of amides is 1. The molecule has 5 rings (SSSR count). The summed E-state index contributed by atoms with van der Waals surface area (Å²) in [5.74, 6) is 0.665. The molecule has 1 amide bonds. The number of aromatic nitrogens is 3. The maximum Gasteiger partial charge on any atom is 0.268 e. The summed E-state index contributed by atoms with van der Waals surface area (Å²) in [6, 6.07) is 22.9. The Kier molecular flexibility index (Phi) is 6.07. The summed E-state index contributed by atoms with van der Waals surface area (Å²) in [5.41, 5.74) is 3.20. The second-order valence-electron chi connectivity index (χ2n) is 8.31. The highest BCUT2D eigenvalue weighted by Gasteiger charge is 2.24. The van der Waals surface area contributed by atoms with E-state index in [9.17, 15) is 13.2 Å². The van der Waals surface area contributed by atoms with Crippen molar-refractivity contribution >= 4 is 32.8 Å². The van der Waals surface area contributed by atoms with Crippen molar-refractivity contribution in [1.82, 2.24) is 13.9 Å². The second-order valence-corrected chi connectivity index (χ2v) is 10.1. The van der Waals surface area contributed by atoms with Crippen molar-refractivity contribution in [3.05, 3.63) is 96.3 Å². The number of carbonyl (C=O) groups excluding carboxylic acids is 1. The molecular weight excluding hydrogens is 476 g/mol. The predicted molar refractivity (Wildman–Crippen MR) is 139 cm³/mol. The molecule has 0 aliphatic carbocycles. The Morgan fingerprint density at radius 1 is 1.03 bits per heavy atom. The molecule has 0 radical (unpaired) electrons. The van der Waals surface area contributed by atoms with Gasteiger partial charge in [-0.3, -0.25) is 10.1 Å². The molecule has 36 heavy (non-hydrogen) atoms. The molecule has 2 N–H and O–H groups in total. The first-order valence-corrected chi connectivity index (χ1v) is 12.7. The second kappa shape index (κ2) is 9.35. The summed E-state index contributed by atoms with van der Waals surface area (Å²) in [6.45, 7) is 1.82. The molecule has 0 fully saturated rings. The van der Waals surface area contributed by atoms with E-state index in [4.69, 9.17) is 4.74 Å². The van der Waals surface area contributed by atoms with Gasteiger partial charge in [-0.05, 0) is 42.8 Å². The number of imidazole rings is 1. The minimum Gasteiger partial charge on any atom is -0.497 e. The lowest BCUT2D eigenvalue weighted by Crippen LogP contribution is -2.15. The van der Waals surface area contributed by atoms with Crippen LogP contribution in [0.1, 0.15) is 11.3 Å². The molecule has 182 valence electrons. The minimum atomic E-state index is -3.86. The average molecular weight is 501 g/mol. The zero-order chi connectivity index (χ0) is 25.3. The smallest absolute Gasteiger partial charge is 0.268 e. The minimum absolute atomic E-state index is 0.178. The number of nitrogens with zero attached hydrogens (tertiary/aromatic N) is 2. The standard InChI is InChI=1S/C27H24N4O4S/c1-18-26(30-27(28-18)29-25(32)15-19-9-5-3-6-10-19)23-17-31(24-14-13-20(35-2)16-22(23)24)36(33,34)21-11-7-4-8-12-21/h3-14,16-17H,15H2,1-2H3,(H2,28,29,30,32). The van der Waals surface area contributed by atoms with Gasteiger partial charge in [-0.15, -0.1) is 0 Å². The number of methoxy groups -OCH3 is 1. The zero-order valence-electron chi connectivity index (χ0n) is 19.7. The lowest BCUT2D eigenvalue weighted by molar-refractivity contribution is -0.115. The van der Waals surface area contributed by atoms with Gasteiger partial charge < -0.3 is 9.72 Å². The van der Waals surface area contributed by atoms with E-state index in [1.165, 1.54) is 3.97 Å². The van der Waals surface area contributed by atoms with Crippen molar-refractivity contribution in [2.45, 2.75) is 18.2 Å². The van der Waals surface area contributed by atoms with Crippen LogP contribution in [-0.4, -0.2) is 35.4 Å². The van der Waals surface area contributed by atoms with Crippen LogP contribution >= 0.6 is 0 Å². The van der Waals surface area contributed by atoms with E-state index in [1.807, 2.05) is 37.3 Å². The number of ether oxygens (including phenoxy) is 1. The van der Waals surface area contributed by atoms with Gasteiger partial charge in [0, 0.05) is 22.8 Å². The van der Waals surface area contributed by atoms with Crippen molar-refractivity contribution in [1.29, 1.82) is 0 Å². The maximum absolute atomic E-state index is 13.5. The molecule has 3 aromatic carbocycles. The number of aromatic amines is 1. The first-order valence-electron chi connectivity index (χ1n) is 11.3. The van der Waals surface area contributed by atoms with Crippen LogP contribution < -0.4 is 10.1 Å². The fraction of sp³-hybridized carbons (Fsp3) is 0.111. The van der Waals surface area contributed by atoms with Crippen LogP contribution in [-0.2, 0) is 21.2 Å². The van der Waals surface area contributed by atoms with Crippen LogP contribution in [0.2, 0.25) is 0 Å². The molecule has 0 spiro atoms. The van der Waals surface area contributed by atoms with E-state index in [0.29, 0.717) is 33.6 Å². The molecule has 0 saturated carbocycles. The SMILES string of the molecule is COc1ccc2c(c1)c(-c1nc(NC(=O)Cc3ccccc3)[nH]c1C)cn2S(=O)(=O)c1ccccc1. The fourth-order valence-corrected chi connectivity index (χ4v) is 5.53. The van der Waals surface area contributed by atoms with E-state index in [0.717, 1.165) is 5.56 Å². The Morgan fingerprint density at radius 3 is 2.42 bits per heavy atom. The number of anilines is 1. The number of fused-ring (bicyclic) bond motifs is 1. The van der Waals surface area contributed by atoms with Gasteiger partial charge in [0.1, 0.15) is 5.75 Å². The van der Waals surface area contributed by atoms with E-state index in [2.05, 4.69) is 15.3 Å². The number of nitrogens with one attached hydrogen (secondary N) is 2. The molecule has 0 unspecified atom stereocenters. The quantitative estimate of drug-likeness (QED) is 0.335. The number of hydrogen-bond acceptors (Lipinski definition) is 5. The summed E-state index contributed by atoms with van der Waals surface area (Å²) in [5, 5.41) is 3.46. The van der Waals surface area contributed by atoms with E-state index in [-0.39, 0.29) is 23.2 Å². The number of H-pyrrole nitrogens is 1. The topological polar surface area (TPSA) is 106 Å². The Bertz CT molecular complexity index is 1660. The number of carbonyl (C=O) groups is 1. The molecule has 0 bridgehead atoms. The van der Waals surface area contributed by atoms with Gasteiger partial charge in [-0.2, -0.15) is 0 Å². The Hall–Kier alpha value is -4.37. The molecule has 8 nitrogen and oxygen atoms in total. The summed E-state index contributed by atoms with van der Waals surface area (Å²) < 4.78 is 33.7. The zero-order valence-corrected chi connectivity index (χ0v) is 20.5. The van der Waals surface area contributed by atoms with Crippen LogP contribution in [0.3, 0.4) is 0 Å². The van der Waals surface area contributed by atoms with Gasteiger partial charge in [-0.25, -0.2) is 17.4 Å². The fourth-order valence-electron chi connectivity index (χ4n) is 4.14. The lowest BCUT2D eigenvalue weighted by atomic mass is 10.1. The normalized spacial score (nSPS) is 11.5. The molecule has 0 aliphatic heterocycles. The molecule has 9 heteroatoms. The number of hydrogen-bond donors (Lipinski definition) is 2. The Morgan fingerprint density at radius 2 is 1.72 bits per heavy atom. The van der Waals surface area contributed by atoms with Crippen LogP contribution in [0.5, 0.6) is 5.75 Å².